The van der Waals surface area contributed by atoms with Gasteiger partial charge in [0.2, 0.25) is 11.8 Å². The molecule has 3 aromatic rings. The molecule has 134 valence electrons. The molecule has 2 heterocycles. The Labute approximate surface area is 154 Å². The molecule has 1 aliphatic heterocycles. The zero-order valence-corrected chi connectivity index (χ0v) is 14.3. The molecule has 2 N–H and O–H groups in total. The minimum atomic E-state index is -0.545. The molecule has 1 unspecified atom stereocenters. The molecule has 1 atom stereocenters. The second-order valence-corrected chi connectivity index (χ2v) is 6.40. The summed E-state index contributed by atoms with van der Waals surface area (Å²) in [4.78, 5) is 26.6. The van der Waals surface area contributed by atoms with E-state index in [1.165, 1.54) is 0 Å². The van der Waals surface area contributed by atoms with Crippen molar-refractivity contribution in [3.63, 3.8) is 0 Å². The van der Waals surface area contributed by atoms with Crippen LogP contribution in [0.25, 0.3) is 11.0 Å². The number of fused-ring (bicyclic) bond motifs is 1. The van der Waals surface area contributed by atoms with Crippen molar-refractivity contribution in [2.45, 2.75) is 25.4 Å². The van der Waals surface area contributed by atoms with E-state index in [1.54, 1.807) is 41.3 Å². The normalized spacial score (nSPS) is 16.5. The van der Waals surface area contributed by atoms with Gasteiger partial charge in [0.25, 0.3) is 0 Å². The Kier molecular flexibility index (Phi) is 4.26. The van der Waals surface area contributed by atoms with Crippen molar-refractivity contribution >= 4 is 28.5 Å². The molecule has 8 heteroatoms. The SMILES string of the molecule is N#Cc1cccc(CN2C(=O)CCC2C(=O)Nc2ccc3n[nH]nc3c2)c1. The molecule has 1 saturated heterocycles. The van der Waals surface area contributed by atoms with Gasteiger partial charge in [0.1, 0.15) is 17.1 Å². The average Bonchev–Trinajstić information content (AvgIpc) is 3.28. The number of hydrogen-bond donors (Lipinski definition) is 2. The van der Waals surface area contributed by atoms with Crippen LogP contribution in [0, 0.1) is 11.3 Å². The number of amides is 2. The van der Waals surface area contributed by atoms with Crippen LogP contribution in [0.2, 0.25) is 0 Å². The molecule has 8 nitrogen and oxygen atoms in total. The van der Waals surface area contributed by atoms with Crippen molar-refractivity contribution in [2.75, 3.05) is 5.32 Å². The molecular weight excluding hydrogens is 344 g/mol. The number of rotatable bonds is 4. The maximum absolute atomic E-state index is 12.8. The van der Waals surface area contributed by atoms with Gasteiger partial charge in [-0.3, -0.25) is 9.59 Å². The van der Waals surface area contributed by atoms with Gasteiger partial charge in [-0.25, -0.2) is 0 Å². The summed E-state index contributed by atoms with van der Waals surface area (Å²) in [7, 11) is 0. The molecule has 2 aromatic carbocycles. The maximum Gasteiger partial charge on any atom is 0.247 e. The van der Waals surface area contributed by atoms with Crippen molar-refractivity contribution in [1.82, 2.24) is 20.3 Å². The number of nitriles is 1. The van der Waals surface area contributed by atoms with Crippen LogP contribution in [-0.2, 0) is 16.1 Å². The third-order valence-electron chi connectivity index (χ3n) is 4.62. The highest BCUT2D eigenvalue weighted by molar-refractivity contribution is 5.99. The Morgan fingerprint density at radius 2 is 2.11 bits per heavy atom. The maximum atomic E-state index is 12.8. The lowest BCUT2D eigenvalue weighted by atomic mass is 10.1. The number of likely N-dealkylation sites (tertiary alicyclic amines) is 1. The minimum absolute atomic E-state index is 0.0653. The van der Waals surface area contributed by atoms with Gasteiger partial charge in [-0.15, -0.1) is 0 Å². The van der Waals surface area contributed by atoms with Crippen molar-refractivity contribution in [3.8, 4) is 6.07 Å². The number of carbonyl (C=O) groups excluding carboxylic acids is 2. The molecule has 0 bridgehead atoms. The van der Waals surface area contributed by atoms with Gasteiger partial charge in [-0.1, -0.05) is 12.1 Å². The number of hydrogen-bond acceptors (Lipinski definition) is 5. The Morgan fingerprint density at radius 3 is 2.96 bits per heavy atom. The Bertz CT molecular complexity index is 1070. The average molecular weight is 360 g/mol. The Balaban J connectivity index is 1.51. The first-order valence-electron chi connectivity index (χ1n) is 8.54. The van der Waals surface area contributed by atoms with E-state index < -0.39 is 6.04 Å². The van der Waals surface area contributed by atoms with Gasteiger partial charge in [0.05, 0.1) is 11.6 Å². The van der Waals surface area contributed by atoms with E-state index in [9.17, 15) is 9.59 Å². The topological polar surface area (TPSA) is 115 Å². The molecule has 1 fully saturated rings. The van der Waals surface area contributed by atoms with E-state index in [2.05, 4.69) is 26.8 Å². The predicted octanol–water partition coefficient (Wildman–Crippen LogP) is 1.96. The highest BCUT2D eigenvalue weighted by Crippen LogP contribution is 2.24. The molecule has 0 saturated carbocycles. The van der Waals surface area contributed by atoms with Gasteiger partial charge >= 0.3 is 0 Å². The van der Waals surface area contributed by atoms with Crippen LogP contribution in [0.1, 0.15) is 24.0 Å². The number of benzene rings is 2. The highest BCUT2D eigenvalue weighted by Gasteiger charge is 2.36. The zero-order chi connectivity index (χ0) is 18.8. The molecule has 2 amide bonds. The Hall–Kier alpha value is -3.73. The van der Waals surface area contributed by atoms with Crippen LogP contribution in [0.15, 0.2) is 42.5 Å². The summed E-state index contributed by atoms with van der Waals surface area (Å²) in [5, 5.41) is 22.4. The first kappa shape index (κ1) is 16.7. The fourth-order valence-corrected chi connectivity index (χ4v) is 3.28. The molecule has 0 spiro atoms. The van der Waals surface area contributed by atoms with Crippen LogP contribution < -0.4 is 5.32 Å². The van der Waals surface area contributed by atoms with Gasteiger partial charge in [-0.2, -0.15) is 20.7 Å². The largest absolute Gasteiger partial charge is 0.326 e. The van der Waals surface area contributed by atoms with E-state index in [4.69, 9.17) is 5.26 Å². The van der Waals surface area contributed by atoms with Crippen molar-refractivity contribution < 1.29 is 9.59 Å². The van der Waals surface area contributed by atoms with E-state index >= 15 is 0 Å². The van der Waals surface area contributed by atoms with Crippen LogP contribution >= 0.6 is 0 Å². The number of carbonyl (C=O) groups is 2. The predicted molar refractivity (Wildman–Crippen MR) is 97.2 cm³/mol. The fraction of sp³-hybridized carbons (Fsp3) is 0.211. The number of H-pyrrole nitrogens is 1. The standard InChI is InChI=1S/C19H16N6O2/c20-10-12-2-1-3-13(8-12)11-25-17(6-7-18(25)26)19(27)21-14-4-5-15-16(9-14)23-24-22-15/h1-5,8-9,17H,6-7,11H2,(H,21,27)(H,22,23,24). The number of aromatic amines is 1. The summed E-state index contributed by atoms with van der Waals surface area (Å²) in [5.74, 6) is -0.301. The number of nitrogens with one attached hydrogen (secondary N) is 2. The number of anilines is 1. The Morgan fingerprint density at radius 1 is 1.26 bits per heavy atom. The van der Waals surface area contributed by atoms with Crippen molar-refractivity contribution in [3.05, 3.63) is 53.6 Å². The molecule has 0 radical (unpaired) electrons. The summed E-state index contributed by atoms with van der Waals surface area (Å²) in [6.07, 6.45) is 0.799. The van der Waals surface area contributed by atoms with Gasteiger partial charge < -0.3 is 10.2 Å². The first-order chi connectivity index (χ1) is 13.1. The third kappa shape index (κ3) is 3.35. The second kappa shape index (κ2) is 6.88. The summed E-state index contributed by atoms with van der Waals surface area (Å²) in [5.41, 5.74) is 3.32. The summed E-state index contributed by atoms with van der Waals surface area (Å²) in [6, 6.07) is 13.8. The van der Waals surface area contributed by atoms with E-state index in [1.807, 2.05) is 6.07 Å². The molecule has 4 rings (SSSR count). The smallest absolute Gasteiger partial charge is 0.247 e. The summed E-state index contributed by atoms with van der Waals surface area (Å²) in [6.45, 7) is 0.300. The lowest BCUT2D eigenvalue weighted by Gasteiger charge is -2.24. The van der Waals surface area contributed by atoms with Gasteiger partial charge in [-0.05, 0) is 42.3 Å². The van der Waals surface area contributed by atoms with Crippen LogP contribution in [0.3, 0.4) is 0 Å². The second-order valence-electron chi connectivity index (χ2n) is 6.40. The minimum Gasteiger partial charge on any atom is -0.326 e. The third-order valence-corrected chi connectivity index (χ3v) is 4.62. The lowest BCUT2D eigenvalue weighted by Crippen LogP contribution is -2.41. The molecule has 27 heavy (non-hydrogen) atoms. The molecule has 1 aliphatic rings. The highest BCUT2D eigenvalue weighted by atomic mass is 16.2. The van der Waals surface area contributed by atoms with Crippen molar-refractivity contribution in [1.29, 1.82) is 5.26 Å². The number of aromatic nitrogens is 3. The zero-order valence-electron chi connectivity index (χ0n) is 14.3. The van der Waals surface area contributed by atoms with Gasteiger partial charge in [0, 0.05) is 18.7 Å². The fourth-order valence-electron chi connectivity index (χ4n) is 3.28. The monoisotopic (exact) mass is 360 g/mol. The number of nitrogens with zero attached hydrogens (tertiary/aromatic N) is 4. The van der Waals surface area contributed by atoms with Crippen LogP contribution in [0.5, 0.6) is 0 Å². The van der Waals surface area contributed by atoms with Crippen LogP contribution in [-0.4, -0.2) is 38.2 Å². The summed E-state index contributed by atoms with van der Waals surface area (Å²) < 4.78 is 0. The van der Waals surface area contributed by atoms with Gasteiger partial charge in [0.15, 0.2) is 0 Å². The lowest BCUT2D eigenvalue weighted by molar-refractivity contribution is -0.133. The van der Waals surface area contributed by atoms with E-state index in [0.717, 1.165) is 5.56 Å². The summed E-state index contributed by atoms with van der Waals surface area (Å²) >= 11 is 0. The molecule has 0 aliphatic carbocycles. The van der Waals surface area contributed by atoms with Crippen LogP contribution in [0.4, 0.5) is 5.69 Å². The molecular formula is C19H16N6O2. The quantitative estimate of drug-likeness (QED) is 0.738. The van der Waals surface area contributed by atoms with E-state index in [0.29, 0.717) is 41.7 Å². The first-order valence-corrected chi connectivity index (χ1v) is 8.54. The molecule has 1 aromatic heterocycles. The van der Waals surface area contributed by atoms with E-state index in [-0.39, 0.29) is 11.8 Å². The van der Waals surface area contributed by atoms with Crippen molar-refractivity contribution in [2.24, 2.45) is 0 Å².